The molecule has 1 atom stereocenters. The van der Waals surface area contributed by atoms with Gasteiger partial charge >= 0.3 is 5.97 Å². The van der Waals surface area contributed by atoms with E-state index in [4.69, 9.17) is 4.74 Å². The predicted molar refractivity (Wildman–Crippen MR) is 103 cm³/mol. The summed E-state index contributed by atoms with van der Waals surface area (Å²) in [6, 6.07) is 8.58. The maximum atomic E-state index is 11.8. The standard InChI is InChI=1S/C21H30N2O2/c1-6-9-12-23(17(5)7-2)20-11-10-18(16(4)13-20)14-19(15-22)21(24)25-8-3/h10-11,13-14,17H,6-9,12H2,1-5H3. The Labute approximate surface area is 152 Å². The van der Waals surface area contributed by atoms with Crippen molar-refractivity contribution in [1.82, 2.24) is 0 Å². The van der Waals surface area contributed by atoms with Gasteiger partial charge in [-0.15, -0.1) is 0 Å². The zero-order chi connectivity index (χ0) is 18.8. The van der Waals surface area contributed by atoms with Crippen LogP contribution in [0.2, 0.25) is 0 Å². The molecule has 1 aromatic rings. The van der Waals surface area contributed by atoms with E-state index in [2.05, 4.69) is 37.8 Å². The number of rotatable bonds is 9. The molecule has 1 rings (SSSR count). The van der Waals surface area contributed by atoms with E-state index in [1.165, 1.54) is 5.69 Å². The van der Waals surface area contributed by atoms with Gasteiger partial charge in [0.1, 0.15) is 11.6 Å². The summed E-state index contributed by atoms with van der Waals surface area (Å²) in [6.45, 7) is 11.7. The number of carbonyl (C=O) groups excluding carboxylic acids is 1. The Balaban J connectivity index is 3.13. The first-order valence-electron chi connectivity index (χ1n) is 9.14. The van der Waals surface area contributed by atoms with Crippen molar-refractivity contribution in [2.45, 2.75) is 59.9 Å². The second-order valence-electron chi connectivity index (χ2n) is 6.24. The minimum atomic E-state index is -0.572. The highest BCUT2D eigenvalue weighted by Gasteiger charge is 2.14. The molecule has 1 aromatic carbocycles. The summed E-state index contributed by atoms with van der Waals surface area (Å²) in [6.07, 6.45) is 5.02. The molecule has 0 aromatic heterocycles. The second kappa shape index (κ2) is 10.6. The summed E-state index contributed by atoms with van der Waals surface area (Å²) in [5, 5.41) is 9.19. The fourth-order valence-electron chi connectivity index (χ4n) is 2.65. The maximum absolute atomic E-state index is 11.8. The molecular weight excluding hydrogens is 312 g/mol. The third-order valence-electron chi connectivity index (χ3n) is 4.38. The summed E-state index contributed by atoms with van der Waals surface area (Å²) < 4.78 is 4.92. The molecule has 4 heteroatoms. The molecule has 0 saturated carbocycles. The van der Waals surface area contributed by atoms with Gasteiger partial charge in [-0.05, 0) is 62.9 Å². The van der Waals surface area contributed by atoms with Crippen molar-refractivity contribution >= 4 is 17.7 Å². The van der Waals surface area contributed by atoms with Crippen molar-refractivity contribution in [3.05, 3.63) is 34.9 Å². The minimum Gasteiger partial charge on any atom is -0.462 e. The van der Waals surface area contributed by atoms with E-state index in [0.717, 1.165) is 36.9 Å². The molecule has 4 nitrogen and oxygen atoms in total. The number of aryl methyl sites for hydroxylation is 1. The van der Waals surface area contributed by atoms with Gasteiger partial charge in [0.25, 0.3) is 0 Å². The van der Waals surface area contributed by atoms with Gasteiger partial charge in [0, 0.05) is 18.3 Å². The fourth-order valence-corrected chi connectivity index (χ4v) is 2.65. The number of ether oxygens (including phenoxy) is 1. The fraction of sp³-hybridized carbons (Fsp3) is 0.524. The molecule has 0 aliphatic carbocycles. The number of unbranched alkanes of at least 4 members (excludes halogenated alkanes) is 1. The van der Waals surface area contributed by atoms with Gasteiger partial charge in [0.15, 0.2) is 0 Å². The van der Waals surface area contributed by atoms with Crippen LogP contribution in [0.1, 0.15) is 58.1 Å². The number of benzene rings is 1. The molecule has 0 saturated heterocycles. The quantitative estimate of drug-likeness (QED) is 0.365. The van der Waals surface area contributed by atoms with Gasteiger partial charge in [-0.3, -0.25) is 0 Å². The maximum Gasteiger partial charge on any atom is 0.348 e. The first-order valence-corrected chi connectivity index (χ1v) is 9.14. The smallest absolute Gasteiger partial charge is 0.348 e. The van der Waals surface area contributed by atoms with Gasteiger partial charge in [0.05, 0.1) is 6.61 Å². The molecule has 0 amide bonds. The first kappa shape index (κ1) is 20.8. The molecular formula is C21H30N2O2. The van der Waals surface area contributed by atoms with E-state index in [1.54, 1.807) is 13.0 Å². The van der Waals surface area contributed by atoms with Crippen LogP contribution in [0.5, 0.6) is 0 Å². The van der Waals surface area contributed by atoms with Crippen LogP contribution in [-0.4, -0.2) is 25.2 Å². The predicted octanol–water partition coefficient (Wildman–Crippen LogP) is 4.87. The number of nitrogens with zero attached hydrogens (tertiary/aromatic N) is 2. The third kappa shape index (κ3) is 5.94. The van der Waals surface area contributed by atoms with Crippen LogP contribution >= 0.6 is 0 Å². The average molecular weight is 342 g/mol. The summed E-state index contributed by atoms with van der Waals surface area (Å²) in [5.74, 6) is -0.572. The van der Waals surface area contributed by atoms with Crippen molar-refractivity contribution in [2.75, 3.05) is 18.1 Å². The highest BCUT2D eigenvalue weighted by atomic mass is 16.5. The van der Waals surface area contributed by atoms with Crippen molar-refractivity contribution in [2.24, 2.45) is 0 Å². The van der Waals surface area contributed by atoms with Crippen LogP contribution < -0.4 is 4.90 Å². The van der Waals surface area contributed by atoms with Gasteiger partial charge < -0.3 is 9.64 Å². The molecule has 0 N–H and O–H groups in total. The Morgan fingerprint density at radius 1 is 1.36 bits per heavy atom. The second-order valence-corrected chi connectivity index (χ2v) is 6.24. The van der Waals surface area contributed by atoms with E-state index in [-0.39, 0.29) is 12.2 Å². The highest BCUT2D eigenvalue weighted by molar-refractivity contribution is 5.98. The zero-order valence-corrected chi connectivity index (χ0v) is 16.1. The summed E-state index contributed by atoms with van der Waals surface area (Å²) >= 11 is 0. The van der Waals surface area contributed by atoms with E-state index in [1.807, 2.05) is 19.1 Å². The lowest BCUT2D eigenvalue weighted by Gasteiger charge is -2.31. The molecule has 0 heterocycles. The largest absolute Gasteiger partial charge is 0.462 e. The van der Waals surface area contributed by atoms with E-state index >= 15 is 0 Å². The van der Waals surface area contributed by atoms with E-state index in [9.17, 15) is 10.1 Å². The van der Waals surface area contributed by atoms with Gasteiger partial charge in [-0.1, -0.05) is 26.3 Å². The van der Waals surface area contributed by atoms with E-state index in [0.29, 0.717) is 6.04 Å². The summed E-state index contributed by atoms with van der Waals surface area (Å²) in [4.78, 5) is 14.2. The van der Waals surface area contributed by atoms with Crippen LogP contribution in [-0.2, 0) is 9.53 Å². The minimum absolute atomic E-state index is 0.0301. The Bertz CT molecular complexity index is 644. The Hall–Kier alpha value is -2.28. The molecule has 0 bridgehead atoms. The van der Waals surface area contributed by atoms with Crippen molar-refractivity contribution in [3.8, 4) is 6.07 Å². The lowest BCUT2D eigenvalue weighted by atomic mass is 10.0. The molecule has 0 radical (unpaired) electrons. The Morgan fingerprint density at radius 3 is 2.60 bits per heavy atom. The molecule has 0 aliphatic rings. The van der Waals surface area contributed by atoms with Crippen LogP contribution in [0.25, 0.3) is 6.08 Å². The molecule has 25 heavy (non-hydrogen) atoms. The highest BCUT2D eigenvalue weighted by Crippen LogP contribution is 2.24. The zero-order valence-electron chi connectivity index (χ0n) is 16.1. The van der Waals surface area contributed by atoms with Gasteiger partial charge in [0.2, 0.25) is 0 Å². The molecule has 0 aliphatic heterocycles. The molecule has 0 spiro atoms. The van der Waals surface area contributed by atoms with Crippen LogP contribution in [0.4, 0.5) is 5.69 Å². The average Bonchev–Trinajstić information content (AvgIpc) is 2.61. The van der Waals surface area contributed by atoms with Crippen molar-refractivity contribution in [3.63, 3.8) is 0 Å². The molecule has 0 fully saturated rings. The number of carbonyl (C=O) groups is 1. The number of nitriles is 1. The molecule has 136 valence electrons. The lowest BCUT2D eigenvalue weighted by Crippen LogP contribution is -2.33. The summed E-state index contributed by atoms with van der Waals surface area (Å²) in [5.41, 5.74) is 3.13. The first-order chi connectivity index (χ1) is 12.0. The Morgan fingerprint density at radius 2 is 2.08 bits per heavy atom. The van der Waals surface area contributed by atoms with Crippen molar-refractivity contribution < 1.29 is 9.53 Å². The lowest BCUT2D eigenvalue weighted by molar-refractivity contribution is -0.137. The van der Waals surface area contributed by atoms with Crippen molar-refractivity contribution in [1.29, 1.82) is 5.26 Å². The third-order valence-corrected chi connectivity index (χ3v) is 4.38. The van der Waals surface area contributed by atoms with Crippen LogP contribution in [0.3, 0.4) is 0 Å². The number of hydrogen-bond donors (Lipinski definition) is 0. The van der Waals surface area contributed by atoms with Crippen LogP contribution in [0, 0.1) is 18.3 Å². The number of anilines is 1. The number of esters is 1. The van der Waals surface area contributed by atoms with Gasteiger partial charge in [-0.2, -0.15) is 5.26 Å². The van der Waals surface area contributed by atoms with Gasteiger partial charge in [-0.25, -0.2) is 4.79 Å². The normalized spacial score (nSPS) is 12.4. The summed E-state index contributed by atoms with van der Waals surface area (Å²) in [7, 11) is 0. The molecule has 1 unspecified atom stereocenters. The Kier molecular flexibility index (Phi) is 8.77. The number of hydrogen-bond acceptors (Lipinski definition) is 4. The van der Waals surface area contributed by atoms with E-state index < -0.39 is 5.97 Å². The monoisotopic (exact) mass is 342 g/mol. The SMILES string of the molecule is CCCCN(c1ccc(C=C(C#N)C(=O)OCC)c(C)c1)C(C)CC. The van der Waals surface area contributed by atoms with Crippen LogP contribution in [0.15, 0.2) is 23.8 Å². The topological polar surface area (TPSA) is 53.3 Å².